The highest BCUT2D eigenvalue weighted by atomic mass is 32.2. The summed E-state index contributed by atoms with van der Waals surface area (Å²) < 4.78 is 1.76. The van der Waals surface area contributed by atoms with Crippen LogP contribution in [0.1, 0.15) is 0 Å². The molecule has 0 aliphatic heterocycles. The third-order valence-electron chi connectivity index (χ3n) is 1.62. The molecule has 1 aromatic carbocycles. The molecule has 0 radical (unpaired) electrons. The van der Waals surface area contributed by atoms with Crippen LogP contribution in [-0.2, 0) is 7.05 Å². The molecule has 0 unspecified atom stereocenters. The van der Waals surface area contributed by atoms with Crippen molar-refractivity contribution < 1.29 is 0 Å². The number of hydrogen-bond acceptors (Lipinski definition) is 3. The Morgan fingerprint density at radius 2 is 2.00 bits per heavy atom. The molecule has 0 amide bonds. The molecule has 4 heteroatoms. The lowest BCUT2D eigenvalue weighted by Crippen LogP contribution is -1.91. The monoisotopic (exact) mass is 191 g/mol. The van der Waals surface area contributed by atoms with Gasteiger partial charge in [0.2, 0.25) is 0 Å². The highest BCUT2D eigenvalue weighted by Gasteiger charge is 2.01. The van der Waals surface area contributed by atoms with Crippen molar-refractivity contribution in [1.82, 2.24) is 14.8 Å². The molecule has 66 valence electrons. The molecule has 0 bridgehead atoms. The fraction of sp³-hybridized carbons (Fsp3) is 0.111. The Balaban J connectivity index is 2.20. The van der Waals surface area contributed by atoms with Gasteiger partial charge < -0.3 is 0 Å². The minimum Gasteiger partial charge on any atom is -0.244 e. The van der Waals surface area contributed by atoms with Gasteiger partial charge in [-0.3, -0.25) is 0 Å². The van der Waals surface area contributed by atoms with Gasteiger partial charge in [0.25, 0.3) is 0 Å². The maximum absolute atomic E-state index is 4.13. The zero-order chi connectivity index (χ0) is 9.10. The van der Waals surface area contributed by atoms with E-state index in [0.717, 1.165) is 5.16 Å². The van der Waals surface area contributed by atoms with Crippen molar-refractivity contribution >= 4 is 11.8 Å². The van der Waals surface area contributed by atoms with Crippen LogP contribution in [0.5, 0.6) is 0 Å². The first kappa shape index (κ1) is 8.31. The van der Waals surface area contributed by atoms with E-state index in [-0.39, 0.29) is 0 Å². The third kappa shape index (κ3) is 1.89. The normalized spacial score (nSPS) is 10.2. The molecular weight excluding hydrogens is 182 g/mol. The first-order chi connectivity index (χ1) is 6.36. The van der Waals surface area contributed by atoms with E-state index in [9.17, 15) is 0 Å². The first-order valence-electron chi connectivity index (χ1n) is 3.93. The van der Waals surface area contributed by atoms with Crippen LogP contribution in [0.3, 0.4) is 0 Å². The predicted octanol–water partition coefficient (Wildman–Crippen LogP) is 1.97. The topological polar surface area (TPSA) is 30.7 Å². The number of rotatable bonds is 2. The van der Waals surface area contributed by atoms with Gasteiger partial charge in [0.05, 0.1) is 0 Å². The molecule has 0 aliphatic carbocycles. The van der Waals surface area contributed by atoms with Gasteiger partial charge in [0, 0.05) is 11.9 Å². The van der Waals surface area contributed by atoms with Crippen LogP contribution in [0.2, 0.25) is 0 Å². The Bertz CT molecular complexity index is 383. The van der Waals surface area contributed by atoms with E-state index in [1.54, 1.807) is 22.8 Å². The van der Waals surface area contributed by atoms with Crippen LogP contribution < -0.4 is 0 Å². The molecular formula is C9H9N3S. The van der Waals surface area contributed by atoms with E-state index < -0.39 is 0 Å². The van der Waals surface area contributed by atoms with Gasteiger partial charge in [0.1, 0.15) is 6.33 Å². The molecule has 0 fully saturated rings. The van der Waals surface area contributed by atoms with Crippen molar-refractivity contribution in [1.29, 1.82) is 0 Å². The van der Waals surface area contributed by atoms with Crippen molar-refractivity contribution in [3.8, 4) is 0 Å². The fourth-order valence-electron chi connectivity index (χ4n) is 0.972. The second kappa shape index (κ2) is 3.62. The Morgan fingerprint density at radius 3 is 2.62 bits per heavy atom. The van der Waals surface area contributed by atoms with Crippen molar-refractivity contribution in [3.63, 3.8) is 0 Å². The Morgan fingerprint density at radius 1 is 1.23 bits per heavy atom. The third-order valence-corrected chi connectivity index (χ3v) is 2.68. The van der Waals surface area contributed by atoms with E-state index in [1.165, 1.54) is 4.90 Å². The van der Waals surface area contributed by atoms with Crippen LogP contribution in [0, 0.1) is 0 Å². The van der Waals surface area contributed by atoms with Gasteiger partial charge in [-0.15, -0.1) is 0 Å². The summed E-state index contributed by atoms with van der Waals surface area (Å²) in [7, 11) is 1.89. The van der Waals surface area contributed by atoms with Gasteiger partial charge >= 0.3 is 0 Å². The van der Waals surface area contributed by atoms with Gasteiger partial charge in [-0.2, -0.15) is 5.10 Å². The average molecular weight is 191 g/mol. The fourth-order valence-corrected chi connectivity index (χ4v) is 1.76. The largest absolute Gasteiger partial charge is 0.244 e. The van der Waals surface area contributed by atoms with Gasteiger partial charge in [-0.1, -0.05) is 30.0 Å². The number of nitrogens with zero attached hydrogens (tertiary/aromatic N) is 3. The van der Waals surface area contributed by atoms with Crippen molar-refractivity contribution in [2.75, 3.05) is 0 Å². The summed E-state index contributed by atoms with van der Waals surface area (Å²) in [6.07, 6.45) is 1.56. The van der Waals surface area contributed by atoms with Crippen LogP contribution in [0.4, 0.5) is 0 Å². The van der Waals surface area contributed by atoms with Crippen LogP contribution in [0.25, 0.3) is 0 Å². The highest BCUT2D eigenvalue weighted by Crippen LogP contribution is 2.23. The molecule has 13 heavy (non-hydrogen) atoms. The molecule has 0 aliphatic rings. The van der Waals surface area contributed by atoms with Crippen molar-refractivity contribution in [2.24, 2.45) is 7.05 Å². The molecule has 3 nitrogen and oxygen atoms in total. The second-order valence-corrected chi connectivity index (χ2v) is 3.62. The van der Waals surface area contributed by atoms with E-state index in [4.69, 9.17) is 0 Å². The molecule has 0 spiro atoms. The number of aryl methyl sites for hydroxylation is 1. The standard InChI is InChI=1S/C9H9N3S/c1-12-9(10-7-11-12)13-8-5-3-2-4-6-8/h2-7H,1H3. The molecule has 0 saturated carbocycles. The maximum atomic E-state index is 4.13. The minimum absolute atomic E-state index is 0.909. The van der Waals surface area contributed by atoms with E-state index >= 15 is 0 Å². The van der Waals surface area contributed by atoms with Gasteiger partial charge in [-0.05, 0) is 12.1 Å². The molecule has 0 atom stereocenters. The molecule has 1 heterocycles. The van der Waals surface area contributed by atoms with Crippen molar-refractivity contribution in [2.45, 2.75) is 10.1 Å². The van der Waals surface area contributed by atoms with Gasteiger partial charge in [0.15, 0.2) is 5.16 Å². The average Bonchev–Trinajstić information content (AvgIpc) is 2.54. The lowest BCUT2D eigenvalue weighted by Gasteiger charge is -1.98. The number of aromatic nitrogens is 3. The number of benzene rings is 1. The van der Waals surface area contributed by atoms with E-state index in [1.807, 2.05) is 25.2 Å². The number of hydrogen-bond donors (Lipinski definition) is 0. The summed E-state index contributed by atoms with van der Waals surface area (Å²) in [5.41, 5.74) is 0. The lowest BCUT2D eigenvalue weighted by molar-refractivity contribution is 0.685. The van der Waals surface area contributed by atoms with Crippen LogP contribution >= 0.6 is 11.8 Å². The molecule has 2 rings (SSSR count). The smallest absolute Gasteiger partial charge is 0.190 e. The van der Waals surface area contributed by atoms with E-state index in [2.05, 4.69) is 22.2 Å². The maximum Gasteiger partial charge on any atom is 0.190 e. The Kier molecular flexibility index (Phi) is 2.31. The highest BCUT2D eigenvalue weighted by molar-refractivity contribution is 7.99. The summed E-state index contributed by atoms with van der Waals surface area (Å²) in [6.45, 7) is 0. The summed E-state index contributed by atoms with van der Waals surface area (Å²) in [4.78, 5) is 5.31. The van der Waals surface area contributed by atoms with Crippen LogP contribution in [0.15, 0.2) is 46.7 Å². The summed E-state index contributed by atoms with van der Waals surface area (Å²) in [5.74, 6) is 0. The van der Waals surface area contributed by atoms with Gasteiger partial charge in [-0.25, -0.2) is 9.67 Å². The SMILES string of the molecule is Cn1ncnc1Sc1ccccc1. The summed E-state index contributed by atoms with van der Waals surface area (Å²) in [6, 6.07) is 10.1. The Labute approximate surface area is 80.8 Å². The van der Waals surface area contributed by atoms with Crippen molar-refractivity contribution in [3.05, 3.63) is 36.7 Å². The zero-order valence-electron chi connectivity index (χ0n) is 7.21. The predicted molar refractivity (Wildman–Crippen MR) is 51.6 cm³/mol. The molecule has 0 saturated heterocycles. The Hall–Kier alpha value is -1.29. The first-order valence-corrected chi connectivity index (χ1v) is 4.75. The molecule has 2 aromatic rings. The summed E-state index contributed by atoms with van der Waals surface area (Å²) in [5, 5.41) is 4.91. The second-order valence-electron chi connectivity index (χ2n) is 2.58. The molecule has 0 N–H and O–H groups in total. The lowest BCUT2D eigenvalue weighted by atomic mass is 10.4. The minimum atomic E-state index is 0.909. The molecule has 1 aromatic heterocycles. The summed E-state index contributed by atoms with van der Waals surface area (Å²) >= 11 is 1.61. The van der Waals surface area contributed by atoms with E-state index in [0.29, 0.717) is 0 Å². The van der Waals surface area contributed by atoms with Crippen LogP contribution in [-0.4, -0.2) is 14.8 Å². The quantitative estimate of drug-likeness (QED) is 0.727. The zero-order valence-corrected chi connectivity index (χ0v) is 8.03.